The molecule has 4 N–H and O–H groups in total. The van der Waals surface area contributed by atoms with Gasteiger partial charge in [-0.15, -0.1) is 10.2 Å². The van der Waals surface area contributed by atoms with E-state index in [0.717, 1.165) is 16.7 Å². The van der Waals surface area contributed by atoms with E-state index >= 15 is 0 Å². The number of nitrogens with zero attached hydrogens (tertiary/aromatic N) is 3. The summed E-state index contributed by atoms with van der Waals surface area (Å²) < 4.78 is 11.9. The maximum Gasteiger partial charge on any atom is 0.342 e. The van der Waals surface area contributed by atoms with Gasteiger partial charge in [0.15, 0.2) is 5.82 Å². The molecule has 2 unspecified atom stereocenters. The number of rotatable bonds is 7. The molecule has 0 saturated heterocycles. The number of aromatic nitrogens is 4. The Morgan fingerprint density at radius 2 is 1.73 bits per heavy atom. The SMILES string of the molecule is CC(NC(Cc1ccc(-c2ccccc2)cc1)P(=O)(O)O)c1nn[nH]n1. The average Bonchev–Trinajstić information content (AvgIpc) is 3.16. The Balaban J connectivity index is 1.74. The number of hydrogen-bond acceptors (Lipinski definition) is 5. The first kappa shape index (κ1) is 18.4. The molecule has 2 aromatic carbocycles. The summed E-state index contributed by atoms with van der Waals surface area (Å²) in [5.74, 6) is -0.693. The molecule has 26 heavy (non-hydrogen) atoms. The molecule has 9 heteroatoms. The summed E-state index contributed by atoms with van der Waals surface area (Å²) in [7, 11) is -4.36. The standard InChI is InChI=1S/C17H20N5O3P/c1-12(17-19-21-22-20-17)18-16(26(23,24)25)11-13-7-9-15(10-8-13)14-5-3-2-4-6-14/h2-10,12,16,18H,11H2,1H3,(H2,23,24,25)(H,19,20,21,22). The third kappa shape index (κ3) is 4.62. The van der Waals surface area contributed by atoms with E-state index in [0.29, 0.717) is 5.82 Å². The predicted octanol–water partition coefficient (Wildman–Crippen LogP) is 2.26. The molecule has 1 aromatic heterocycles. The Bertz CT molecular complexity index is 865. The lowest BCUT2D eigenvalue weighted by Crippen LogP contribution is -2.33. The van der Waals surface area contributed by atoms with Crippen LogP contribution < -0.4 is 5.32 Å². The molecule has 0 fully saturated rings. The summed E-state index contributed by atoms with van der Waals surface area (Å²) in [6.45, 7) is 1.73. The van der Waals surface area contributed by atoms with E-state index in [1.165, 1.54) is 0 Å². The van der Waals surface area contributed by atoms with Crippen LogP contribution in [0.1, 0.15) is 24.4 Å². The first-order valence-corrected chi connectivity index (χ1v) is 9.80. The molecule has 0 saturated carbocycles. The minimum absolute atomic E-state index is 0.182. The summed E-state index contributed by atoms with van der Waals surface area (Å²) in [4.78, 5) is 19.4. The van der Waals surface area contributed by atoms with Gasteiger partial charge in [0.25, 0.3) is 0 Å². The number of H-pyrrole nitrogens is 1. The topological polar surface area (TPSA) is 124 Å². The van der Waals surface area contributed by atoms with Crippen molar-refractivity contribution in [3.05, 3.63) is 66.0 Å². The monoisotopic (exact) mass is 373 g/mol. The van der Waals surface area contributed by atoms with Crippen LogP contribution in [0.25, 0.3) is 11.1 Å². The lowest BCUT2D eigenvalue weighted by Gasteiger charge is -2.23. The zero-order chi connectivity index (χ0) is 18.6. The van der Waals surface area contributed by atoms with Gasteiger partial charge >= 0.3 is 7.60 Å². The Labute approximate surface area is 150 Å². The second-order valence-corrected chi connectivity index (χ2v) is 7.83. The van der Waals surface area contributed by atoms with Gasteiger partial charge in [-0.1, -0.05) is 59.8 Å². The molecule has 0 aliphatic rings. The largest absolute Gasteiger partial charge is 0.342 e. The quantitative estimate of drug-likeness (QED) is 0.468. The van der Waals surface area contributed by atoms with Crippen LogP contribution in [-0.4, -0.2) is 36.2 Å². The van der Waals surface area contributed by atoms with Gasteiger partial charge in [0.1, 0.15) is 5.78 Å². The first-order chi connectivity index (χ1) is 12.4. The third-order valence-corrected chi connectivity index (χ3v) is 5.23. The number of aromatic amines is 1. The molecule has 0 aliphatic carbocycles. The van der Waals surface area contributed by atoms with Crippen molar-refractivity contribution in [1.82, 2.24) is 25.9 Å². The minimum Gasteiger partial charge on any atom is -0.323 e. The van der Waals surface area contributed by atoms with Gasteiger partial charge in [0.2, 0.25) is 0 Å². The maximum absolute atomic E-state index is 11.9. The van der Waals surface area contributed by atoms with Crippen LogP contribution in [0, 0.1) is 0 Å². The molecule has 136 valence electrons. The molecule has 0 spiro atoms. The van der Waals surface area contributed by atoms with Crippen LogP contribution in [0.3, 0.4) is 0 Å². The summed E-state index contributed by atoms with van der Waals surface area (Å²) in [6, 6.07) is 17.1. The average molecular weight is 373 g/mol. The third-order valence-electron chi connectivity index (χ3n) is 4.09. The van der Waals surface area contributed by atoms with Gasteiger partial charge in [0.05, 0.1) is 6.04 Å². The summed E-state index contributed by atoms with van der Waals surface area (Å²) in [5.41, 5.74) is 2.97. The lowest BCUT2D eigenvalue weighted by molar-refractivity contribution is 0.336. The van der Waals surface area contributed by atoms with E-state index in [9.17, 15) is 14.4 Å². The molecule has 0 aliphatic heterocycles. The van der Waals surface area contributed by atoms with Gasteiger partial charge in [-0.2, -0.15) is 5.21 Å². The molecule has 0 radical (unpaired) electrons. The summed E-state index contributed by atoms with van der Waals surface area (Å²) in [5, 5.41) is 16.4. The van der Waals surface area contributed by atoms with E-state index < -0.39 is 19.4 Å². The summed E-state index contributed by atoms with van der Waals surface area (Å²) >= 11 is 0. The van der Waals surface area contributed by atoms with Crippen molar-refractivity contribution in [2.24, 2.45) is 0 Å². The van der Waals surface area contributed by atoms with Crippen molar-refractivity contribution in [2.75, 3.05) is 0 Å². The molecular weight excluding hydrogens is 353 g/mol. The van der Waals surface area contributed by atoms with Crippen molar-refractivity contribution >= 4 is 7.60 Å². The zero-order valence-corrected chi connectivity index (χ0v) is 15.0. The van der Waals surface area contributed by atoms with E-state index in [2.05, 4.69) is 25.9 Å². The van der Waals surface area contributed by atoms with Gasteiger partial charge in [-0.3, -0.25) is 9.88 Å². The highest BCUT2D eigenvalue weighted by molar-refractivity contribution is 7.52. The Morgan fingerprint density at radius 3 is 2.31 bits per heavy atom. The normalized spacial score (nSPS) is 14.1. The van der Waals surface area contributed by atoms with Crippen LogP contribution in [0.15, 0.2) is 54.6 Å². The molecule has 0 amide bonds. The molecule has 3 rings (SSSR count). The smallest absolute Gasteiger partial charge is 0.323 e. The fraction of sp³-hybridized carbons (Fsp3) is 0.235. The first-order valence-electron chi connectivity index (χ1n) is 8.12. The molecule has 2 atom stereocenters. The predicted molar refractivity (Wildman–Crippen MR) is 97.1 cm³/mol. The van der Waals surface area contributed by atoms with E-state index in [4.69, 9.17) is 0 Å². The minimum atomic E-state index is -4.36. The van der Waals surface area contributed by atoms with Gasteiger partial charge in [0, 0.05) is 0 Å². The lowest BCUT2D eigenvalue weighted by atomic mass is 10.0. The number of tetrazole rings is 1. The van der Waals surface area contributed by atoms with Crippen LogP contribution >= 0.6 is 7.60 Å². The number of benzene rings is 2. The van der Waals surface area contributed by atoms with Crippen molar-refractivity contribution in [1.29, 1.82) is 0 Å². The van der Waals surface area contributed by atoms with Crippen molar-refractivity contribution in [3.63, 3.8) is 0 Å². The van der Waals surface area contributed by atoms with E-state index in [-0.39, 0.29) is 6.42 Å². The van der Waals surface area contributed by atoms with Gasteiger partial charge in [-0.05, 0) is 30.0 Å². The van der Waals surface area contributed by atoms with Crippen molar-refractivity contribution < 1.29 is 14.4 Å². The van der Waals surface area contributed by atoms with E-state index in [1.807, 2.05) is 54.6 Å². The Morgan fingerprint density at radius 1 is 1.08 bits per heavy atom. The van der Waals surface area contributed by atoms with Crippen molar-refractivity contribution in [3.8, 4) is 11.1 Å². The molecule has 0 bridgehead atoms. The second-order valence-electron chi connectivity index (χ2n) is 6.03. The van der Waals surface area contributed by atoms with Crippen LogP contribution in [0.2, 0.25) is 0 Å². The zero-order valence-electron chi connectivity index (χ0n) is 14.1. The molecular formula is C17H20N5O3P. The number of hydrogen-bond donors (Lipinski definition) is 4. The number of nitrogens with one attached hydrogen (secondary N) is 2. The van der Waals surface area contributed by atoms with Gasteiger partial charge < -0.3 is 9.79 Å². The highest BCUT2D eigenvalue weighted by atomic mass is 31.2. The maximum atomic E-state index is 11.9. The highest BCUT2D eigenvalue weighted by Crippen LogP contribution is 2.42. The molecule has 1 heterocycles. The van der Waals surface area contributed by atoms with Crippen molar-refractivity contribution in [2.45, 2.75) is 25.2 Å². The van der Waals surface area contributed by atoms with Crippen LogP contribution in [0.4, 0.5) is 0 Å². The molecule has 8 nitrogen and oxygen atoms in total. The Kier molecular flexibility index (Phi) is 5.58. The Hall–Kier alpha value is -2.38. The fourth-order valence-corrected chi connectivity index (χ4v) is 3.54. The fourth-order valence-electron chi connectivity index (χ4n) is 2.68. The van der Waals surface area contributed by atoms with Gasteiger partial charge in [-0.25, -0.2) is 0 Å². The van der Waals surface area contributed by atoms with Crippen LogP contribution in [0.5, 0.6) is 0 Å². The van der Waals surface area contributed by atoms with Crippen LogP contribution in [-0.2, 0) is 11.0 Å². The summed E-state index contributed by atoms with van der Waals surface area (Å²) in [6.07, 6.45) is 0.182. The second kappa shape index (κ2) is 7.88. The highest BCUT2D eigenvalue weighted by Gasteiger charge is 2.31. The molecule has 3 aromatic rings. The van der Waals surface area contributed by atoms with E-state index in [1.54, 1.807) is 6.92 Å².